The Kier molecular flexibility index (Phi) is 3.43. The molecule has 2 N–H and O–H groups in total. The first kappa shape index (κ1) is 10.6. The van der Waals surface area contributed by atoms with Crippen LogP contribution in [0.25, 0.3) is 0 Å². The fourth-order valence-corrected chi connectivity index (χ4v) is 0.689. The third kappa shape index (κ3) is 2.35. The average Bonchev–Trinajstić information content (AvgIpc) is 1.85. The van der Waals surface area contributed by atoms with Crippen molar-refractivity contribution in [2.24, 2.45) is 0 Å². The predicted molar refractivity (Wildman–Crippen MR) is 43.8 cm³/mol. The van der Waals surface area contributed by atoms with Crippen LogP contribution >= 0.6 is 12.4 Å². The molecule has 0 aromatic carbocycles. The summed E-state index contributed by atoms with van der Waals surface area (Å²) < 4.78 is 0. The topological polar surface area (TPSA) is 83.0 Å². The molecule has 0 saturated carbocycles. The van der Waals surface area contributed by atoms with Crippen molar-refractivity contribution in [3.8, 4) is 0 Å². The molecule has 0 aliphatic heterocycles. The van der Waals surface area contributed by atoms with Gasteiger partial charge in [-0.25, -0.2) is 9.78 Å². The van der Waals surface area contributed by atoms with E-state index < -0.39 is 11.5 Å². The van der Waals surface area contributed by atoms with E-state index in [1.54, 1.807) is 0 Å². The van der Waals surface area contributed by atoms with E-state index in [-0.39, 0.29) is 18.1 Å². The molecule has 0 saturated heterocycles. The SMILES string of the molecule is Cc1nc(C(=O)O)cc(=O)[nH]1.Cl. The maximum absolute atomic E-state index is 10.7. The van der Waals surface area contributed by atoms with Gasteiger partial charge in [0.15, 0.2) is 5.69 Å². The van der Waals surface area contributed by atoms with Gasteiger partial charge in [0, 0.05) is 6.07 Å². The van der Waals surface area contributed by atoms with Gasteiger partial charge >= 0.3 is 5.97 Å². The number of aryl methyl sites for hydroxylation is 1. The summed E-state index contributed by atoms with van der Waals surface area (Å²) in [6, 6.07) is 0.940. The molecule has 1 aromatic rings. The fourth-order valence-electron chi connectivity index (χ4n) is 0.689. The third-order valence-electron chi connectivity index (χ3n) is 1.08. The largest absolute Gasteiger partial charge is 0.477 e. The lowest BCUT2D eigenvalue weighted by Gasteiger charge is -1.93. The third-order valence-corrected chi connectivity index (χ3v) is 1.08. The monoisotopic (exact) mass is 190 g/mol. The summed E-state index contributed by atoms with van der Waals surface area (Å²) in [6.07, 6.45) is 0. The van der Waals surface area contributed by atoms with Crippen LogP contribution in [0.4, 0.5) is 0 Å². The van der Waals surface area contributed by atoms with Gasteiger partial charge < -0.3 is 10.1 Å². The highest BCUT2D eigenvalue weighted by Gasteiger charge is 2.04. The molecular weight excluding hydrogens is 184 g/mol. The summed E-state index contributed by atoms with van der Waals surface area (Å²) in [5, 5.41) is 8.42. The van der Waals surface area contributed by atoms with Crippen molar-refractivity contribution in [2.45, 2.75) is 6.92 Å². The molecule has 66 valence electrons. The molecule has 0 spiro atoms. The molecule has 0 aliphatic carbocycles. The number of aromatic nitrogens is 2. The maximum Gasteiger partial charge on any atom is 0.354 e. The molecule has 0 fully saturated rings. The lowest BCUT2D eigenvalue weighted by atomic mass is 10.4. The smallest absolute Gasteiger partial charge is 0.354 e. The molecule has 5 nitrogen and oxygen atoms in total. The second-order valence-electron chi connectivity index (χ2n) is 2.02. The highest BCUT2D eigenvalue weighted by atomic mass is 35.5. The summed E-state index contributed by atoms with van der Waals surface area (Å²) in [5.74, 6) is -0.894. The minimum absolute atomic E-state index is 0. The standard InChI is InChI=1S/C6H6N2O3.ClH/c1-3-7-4(6(10)11)2-5(9)8-3;/h2H,1H3,(H,10,11)(H,7,8,9);1H. The summed E-state index contributed by atoms with van der Waals surface area (Å²) in [7, 11) is 0. The number of aromatic carboxylic acids is 1. The number of rotatable bonds is 1. The molecular formula is C6H7ClN2O3. The number of hydrogen-bond donors (Lipinski definition) is 2. The summed E-state index contributed by atoms with van der Waals surface area (Å²) >= 11 is 0. The van der Waals surface area contributed by atoms with Gasteiger partial charge in [-0.1, -0.05) is 0 Å². The van der Waals surface area contributed by atoms with E-state index in [4.69, 9.17) is 5.11 Å². The summed E-state index contributed by atoms with van der Waals surface area (Å²) in [4.78, 5) is 26.9. The predicted octanol–water partition coefficient (Wildman–Crippen LogP) is 0.198. The van der Waals surface area contributed by atoms with Crippen LogP contribution in [0.15, 0.2) is 10.9 Å². The van der Waals surface area contributed by atoms with E-state index in [1.807, 2.05) is 0 Å². The Morgan fingerprint density at radius 3 is 2.67 bits per heavy atom. The zero-order chi connectivity index (χ0) is 8.43. The van der Waals surface area contributed by atoms with Crippen LogP contribution in [0, 0.1) is 6.92 Å². The van der Waals surface area contributed by atoms with Crippen molar-refractivity contribution in [1.29, 1.82) is 0 Å². The molecule has 12 heavy (non-hydrogen) atoms. The van der Waals surface area contributed by atoms with Gasteiger partial charge in [-0.2, -0.15) is 0 Å². The zero-order valence-electron chi connectivity index (χ0n) is 6.20. The van der Waals surface area contributed by atoms with E-state index in [0.29, 0.717) is 5.82 Å². The van der Waals surface area contributed by atoms with Crippen molar-refractivity contribution >= 4 is 18.4 Å². The highest BCUT2D eigenvalue weighted by molar-refractivity contribution is 5.85. The first-order chi connectivity index (χ1) is 5.09. The van der Waals surface area contributed by atoms with Crippen LogP contribution in [0.1, 0.15) is 16.3 Å². The second kappa shape index (κ2) is 3.87. The lowest BCUT2D eigenvalue weighted by Crippen LogP contribution is -2.13. The summed E-state index contributed by atoms with van der Waals surface area (Å²) in [6.45, 7) is 1.52. The minimum atomic E-state index is -1.20. The minimum Gasteiger partial charge on any atom is -0.477 e. The molecule has 1 heterocycles. The Bertz CT molecular complexity index is 347. The molecule has 0 aliphatic rings. The zero-order valence-corrected chi connectivity index (χ0v) is 7.01. The van der Waals surface area contributed by atoms with Crippen molar-refractivity contribution in [1.82, 2.24) is 9.97 Å². The number of aromatic amines is 1. The van der Waals surface area contributed by atoms with Gasteiger partial charge in [-0.05, 0) is 6.92 Å². The Morgan fingerprint density at radius 1 is 1.67 bits per heavy atom. The van der Waals surface area contributed by atoms with Crippen molar-refractivity contribution in [3.63, 3.8) is 0 Å². The first-order valence-corrected chi connectivity index (χ1v) is 2.91. The van der Waals surface area contributed by atoms with E-state index in [9.17, 15) is 9.59 Å². The van der Waals surface area contributed by atoms with Crippen LogP contribution in [0.3, 0.4) is 0 Å². The van der Waals surface area contributed by atoms with Gasteiger partial charge in [0.2, 0.25) is 0 Å². The van der Waals surface area contributed by atoms with Crippen LogP contribution in [-0.2, 0) is 0 Å². The lowest BCUT2D eigenvalue weighted by molar-refractivity contribution is 0.0689. The van der Waals surface area contributed by atoms with Crippen LogP contribution in [0.5, 0.6) is 0 Å². The molecule has 0 amide bonds. The van der Waals surface area contributed by atoms with Gasteiger partial charge in [-0.15, -0.1) is 12.4 Å². The maximum atomic E-state index is 10.7. The highest BCUT2D eigenvalue weighted by Crippen LogP contribution is 1.89. The van der Waals surface area contributed by atoms with Crippen LogP contribution < -0.4 is 5.56 Å². The number of nitrogens with one attached hydrogen (secondary N) is 1. The molecule has 6 heteroatoms. The van der Waals surface area contributed by atoms with E-state index in [0.717, 1.165) is 6.07 Å². The van der Waals surface area contributed by atoms with Crippen molar-refractivity contribution in [3.05, 3.63) is 27.9 Å². The number of carboxylic acid groups (broad SMARTS) is 1. The van der Waals surface area contributed by atoms with Gasteiger partial charge in [0.1, 0.15) is 5.82 Å². The van der Waals surface area contributed by atoms with Gasteiger partial charge in [0.05, 0.1) is 0 Å². The van der Waals surface area contributed by atoms with Crippen LogP contribution in [-0.4, -0.2) is 21.0 Å². The number of nitrogens with zero attached hydrogens (tertiary/aromatic N) is 1. The number of hydrogen-bond acceptors (Lipinski definition) is 3. The number of carboxylic acids is 1. The molecule has 0 atom stereocenters. The van der Waals surface area contributed by atoms with E-state index >= 15 is 0 Å². The second-order valence-corrected chi connectivity index (χ2v) is 2.02. The van der Waals surface area contributed by atoms with Crippen LogP contribution in [0.2, 0.25) is 0 Å². The molecule has 1 aromatic heterocycles. The van der Waals surface area contributed by atoms with E-state index in [2.05, 4.69) is 9.97 Å². The number of halogens is 1. The van der Waals surface area contributed by atoms with E-state index in [1.165, 1.54) is 6.92 Å². The van der Waals surface area contributed by atoms with Gasteiger partial charge in [-0.3, -0.25) is 4.79 Å². The van der Waals surface area contributed by atoms with Gasteiger partial charge in [0.25, 0.3) is 5.56 Å². The Balaban J connectivity index is 0.00000121. The normalized spacial score (nSPS) is 8.75. The average molecular weight is 191 g/mol. The van der Waals surface area contributed by atoms with Crippen molar-refractivity contribution in [2.75, 3.05) is 0 Å². The Morgan fingerprint density at radius 2 is 2.25 bits per heavy atom. The number of H-pyrrole nitrogens is 1. The first-order valence-electron chi connectivity index (χ1n) is 2.91. The molecule has 0 bridgehead atoms. The Hall–Kier alpha value is -1.36. The Labute approximate surface area is 73.9 Å². The molecule has 0 unspecified atom stereocenters. The quantitative estimate of drug-likeness (QED) is 0.663. The summed E-state index contributed by atoms with van der Waals surface area (Å²) in [5.41, 5.74) is -0.679. The van der Waals surface area contributed by atoms with Crippen molar-refractivity contribution < 1.29 is 9.90 Å². The fraction of sp³-hybridized carbons (Fsp3) is 0.167. The molecule has 0 radical (unpaired) electrons. The number of carbonyl (C=O) groups is 1. The molecule has 1 rings (SSSR count).